The zero-order valence-corrected chi connectivity index (χ0v) is 15.3. The predicted octanol–water partition coefficient (Wildman–Crippen LogP) is 3.17. The van der Waals surface area contributed by atoms with Gasteiger partial charge in [0.2, 0.25) is 0 Å². The van der Waals surface area contributed by atoms with E-state index >= 15 is 0 Å². The molecule has 2 heterocycles. The number of anilines is 2. The number of non-ortho nitro benzene ring substituents is 1. The molecule has 9 nitrogen and oxygen atoms in total. The lowest BCUT2D eigenvalue weighted by atomic mass is 10.1. The molecule has 4 rings (SSSR count). The maximum absolute atomic E-state index is 14.4. The quantitative estimate of drug-likeness (QED) is 0.524. The third kappa shape index (κ3) is 3.77. The molecule has 0 radical (unpaired) electrons. The number of carbonyl (C=O) groups is 1. The molecule has 0 aliphatic carbocycles. The van der Waals surface area contributed by atoms with Crippen LogP contribution in [0.5, 0.6) is 0 Å². The van der Waals surface area contributed by atoms with Gasteiger partial charge in [0.05, 0.1) is 16.2 Å². The molecule has 0 bridgehead atoms. The van der Waals surface area contributed by atoms with Gasteiger partial charge in [0, 0.05) is 30.9 Å². The van der Waals surface area contributed by atoms with Gasteiger partial charge in [-0.3, -0.25) is 14.9 Å². The highest BCUT2D eigenvalue weighted by molar-refractivity contribution is 6.08. The number of nitro benzene ring substituents is 1. The molecule has 148 valence electrons. The second-order valence-electron chi connectivity index (χ2n) is 6.61. The summed E-state index contributed by atoms with van der Waals surface area (Å²) in [5.74, 6) is -1.13. The first kappa shape index (κ1) is 18.5. The average Bonchev–Trinajstić information content (AvgIpc) is 3.42. The number of halogens is 1. The SMILES string of the molecule is O=C(Nc1ccc(-n2cncn2)c(F)c1)c1cc([N+](=O)[O-])ccc1N1CCCC1. The largest absolute Gasteiger partial charge is 0.371 e. The number of rotatable bonds is 5. The second-order valence-corrected chi connectivity index (χ2v) is 6.61. The zero-order chi connectivity index (χ0) is 20.4. The molecule has 1 fully saturated rings. The summed E-state index contributed by atoms with van der Waals surface area (Å²) >= 11 is 0. The van der Waals surface area contributed by atoms with E-state index in [9.17, 15) is 19.3 Å². The van der Waals surface area contributed by atoms with Crippen molar-refractivity contribution in [3.63, 3.8) is 0 Å². The molecular weight excluding hydrogens is 379 g/mol. The van der Waals surface area contributed by atoms with Crippen LogP contribution in [-0.2, 0) is 0 Å². The Hall–Kier alpha value is -3.82. The van der Waals surface area contributed by atoms with Gasteiger partial charge in [0.25, 0.3) is 11.6 Å². The first-order valence-corrected chi connectivity index (χ1v) is 9.02. The van der Waals surface area contributed by atoms with Crippen LogP contribution >= 0.6 is 0 Å². The number of nitro groups is 1. The molecule has 0 saturated carbocycles. The molecular formula is C19H17FN6O3. The van der Waals surface area contributed by atoms with Crippen molar-refractivity contribution >= 4 is 23.0 Å². The first-order chi connectivity index (χ1) is 14.0. The van der Waals surface area contributed by atoms with E-state index in [-0.39, 0.29) is 22.6 Å². The van der Waals surface area contributed by atoms with Gasteiger partial charge in [-0.25, -0.2) is 14.1 Å². The summed E-state index contributed by atoms with van der Waals surface area (Å²) in [5, 5.41) is 17.7. The summed E-state index contributed by atoms with van der Waals surface area (Å²) in [7, 11) is 0. The van der Waals surface area contributed by atoms with E-state index in [1.54, 1.807) is 6.07 Å². The highest BCUT2D eigenvalue weighted by Gasteiger charge is 2.23. The monoisotopic (exact) mass is 396 g/mol. The lowest BCUT2D eigenvalue weighted by Gasteiger charge is -2.21. The standard InChI is InChI=1S/C19H17FN6O3/c20-16-9-13(3-5-18(16)25-12-21-11-22-25)23-19(27)15-10-14(26(28)29)4-6-17(15)24-7-1-2-8-24/h3-6,9-12H,1-2,7-8H2,(H,23,27). The van der Waals surface area contributed by atoms with Crippen molar-refractivity contribution in [2.45, 2.75) is 12.8 Å². The number of benzene rings is 2. The Kier molecular flexibility index (Phi) is 4.90. The minimum absolute atomic E-state index is 0.175. The minimum Gasteiger partial charge on any atom is -0.371 e. The van der Waals surface area contributed by atoms with Crippen molar-refractivity contribution in [3.05, 3.63) is 70.5 Å². The summed E-state index contributed by atoms with van der Waals surface area (Å²) in [6, 6.07) is 8.40. The van der Waals surface area contributed by atoms with Crippen LogP contribution < -0.4 is 10.2 Å². The Morgan fingerprint density at radius 3 is 2.55 bits per heavy atom. The maximum atomic E-state index is 14.4. The second kappa shape index (κ2) is 7.66. The minimum atomic E-state index is -0.591. The summed E-state index contributed by atoms with van der Waals surface area (Å²) in [4.78, 5) is 29.3. The van der Waals surface area contributed by atoms with Crippen LogP contribution in [0.2, 0.25) is 0 Å². The van der Waals surface area contributed by atoms with Crippen molar-refractivity contribution < 1.29 is 14.1 Å². The van der Waals surface area contributed by atoms with Gasteiger partial charge < -0.3 is 10.2 Å². The molecule has 3 aromatic rings. The van der Waals surface area contributed by atoms with E-state index in [0.29, 0.717) is 5.69 Å². The average molecular weight is 396 g/mol. The van der Waals surface area contributed by atoms with Crippen molar-refractivity contribution in [1.29, 1.82) is 0 Å². The van der Waals surface area contributed by atoms with E-state index in [4.69, 9.17) is 0 Å². The molecule has 1 aliphatic heterocycles. The van der Waals surface area contributed by atoms with Crippen molar-refractivity contribution in [3.8, 4) is 5.69 Å². The van der Waals surface area contributed by atoms with Gasteiger partial charge in [-0.2, -0.15) is 5.10 Å². The molecule has 1 saturated heterocycles. The third-order valence-corrected chi connectivity index (χ3v) is 4.75. The smallest absolute Gasteiger partial charge is 0.270 e. The van der Waals surface area contributed by atoms with Gasteiger partial charge in [0.15, 0.2) is 5.82 Å². The van der Waals surface area contributed by atoms with Gasteiger partial charge in [0.1, 0.15) is 18.3 Å². The number of aromatic nitrogens is 3. The molecule has 1 amide bonds. The van der Waals surface area contributed by atoms with Crippen LogP contribution in [0.4, 0.5) is 21.5 Å². The Morgan fingerprint density at radius 2 is 1.90 bits per heavy atom. The normalized spacial score (nSPS) is 13.5. The molecule has 1 aromatic heterocycles. The molecule has 1 N–H and O–H groups in total. The molecule has 0 unspecified atom stereocenters. The Morgan fingerprint density at radius 1 is 1.14 bits per heavy atom. The molecule has 29 heavy (non-hydrogen) atoms. The Labute approximate surface area is 164 Å². The van der Waals surface area contributed by atoms with Crippen LogP contribution in [0.15, 0.2) is 49.1 Å². The fourth-order valence-corrected chi connectivity index (χ4v) is 3.35. The van der Waals surface area contributed by atoms with Crippen LogP contribution in [0.3, 0.4) is 0 Å². The number of hydrogen-bond donors (Lipinski definition) is 1. The fraction of sp³-hybridized carbons (Fsp3) is 0.211. The molecule has 10 heteroatoms. The summed E-state index contributed by atoms with van der Waals surface area (Å²) in [6.45, 7) is 1.55. The van der Waals surface area contributed by atoms with Crippen molar-refractivity contribution in [1.82, 2.24) is 14.8 Å². The lowest BCUT2D eigenvalue weighted by molar-refractivity contribution is -0.384. The third-order valence-electron chi connectivity index (χ3n) is 4.75. The predicted molar refractivity (Wildman–Crippen MR) is 104 cm³/mol. The molecule has 0 spiro atoms. The highest BCUT2D eigenvalue weighted by Crippen LogP contribution is 2.29. The Balaban J connectivity index is 1.63. The van der Waals surface area contributed by atoms with Crippen LogP contribution in [0.1, 0.15) is 23.2 Å². The van der Waals surface area contributed by atoms with Gasteiger partial charge in [-0.1, -0.05) is 0 Å². The van der Waals surface area contributed by atoms with E-state index in [1.165, 1.54) is 47.7 Å². The number of carbonyl (C=O) groups excluding carboxylic acids is 1. The van der Waals surface area contributed by atoms with E-state index in [1.807, 2.05) is 4.90 Å². The van der Waals surface area contributed by atoms with Gasteiger partial charge in [-0.05, 0) is 37.1 Å². The maximum Gasteiger partial charge on any atom is 0.270 e. The summed E-state index contributed by atoms with van der Waals surface area (Å²) in [6.07, 6.45) is 4.64. The van der Waals surface area contributed by atoms with Crippen molar-refractivity contribution in [2.24, 2.45) is 0 Å². The van der Waals surface area contributed by atoms with Crippen molar-refractivity contribution in [2.75, 3.05) is 23.3 Å². The Bertz CT molecular complexity index is 1060. The van der Waals surface area contributed by atoms with Gasteiger partial charge in [-0.15, -0.1) is 0 Å². The number of hydrogen-bond acceptors (Lipinski definition) is 6. The van der Waals surface area contributed by atoms with Crippen LogP contribution in [-0.4, -0.2) is 38.7 Å². The summed E-state index contributed by atoms with van der Waals surface area (Å²) < 4.78 is 15.7. The number of amides is 1. The molecule has 2 aromatic carbocycles. The van der Waals surface area contributed by atoms with Crippen LogP contribution in [0, 0.1) is 15.9 Å². The number of nitrogens with zero attached hydrogens (tertiary/aromatic N) is 5. The topological polar surface area (TPSA) is 106 Å². The zero-order valence-electron chi connectivity index (χ0n) is 15.3. The number of nitrogens with one attached hydrogen (secondary N) is 1. The van der Waals surface area contributed by atoms with E-state index in [2.05, 4.69) is 15.4 Å². The highest BCUT2D eigenvalue weighted by atomic mass is 19.1. The first-order valence-electron chi connectivity index (χ1n) is 9.02. The van der Waals surface area contributed by atoms with E-state index in [0.717, 1.165) is 25.9 Å². The van der Waals surface area contributed by atoms with E-state index < -0.39 is 16.6 Å². The van der Waals surface area contributed by atoms with Crippen LogP contribution in [0.25, 0.3) is 5.69 Å². The lowest BCUT2D eigenvalue weighted by Crippen LogP contribution is -2.23. The molecule has 1 aliphatic rings. The summed E-state index contributed by atoms with van der Waals surface area (Å²) in [5.41, 5.74) is 1.06. The van der Waals surface area contributed by atoms with Gasteiger partial charge >= 0.3 is 0 Å². The molecule has 0 atom stereocenters. The fourth-order valence-electron chi connectivity index (χ4n) is 3.35.